The molecule has 1 aliphatic heterocycles. The zero-order valence-corrected chi connectivity index (χ0v) is 18.9. The molecule has 9 heteroatoms. The number of aryl methyl sites for hydroxylation is 1. The van der Waals surface area contributed by atoms with E-state index in [1.165, 1.54) is 11.5 Å². The quantitative estimate of drug-likeness (QED) is 0.372. The molecule has 2 aromatic rings. The van der Waals surface area contributed by atoms with E-state index in [0.717, 1.165) is 61.6 Å². The number of aromatic hydroxyl groups is 1. The van der Waals surface area contributed by atoms with Crippen molar-refractivity contribution in [2.24, 2.45) is 4.99 Å². The largest absolute Gasteiger partial charge is 0.508 e. The molecule has 148 valence electrons. The maximum atomic E-state index is 9.39. The van der Waals surface area contributed by atoms with E-state index in [1.54, 1.807) is 12.1 Å². The highest BCUT2D eigenvalue weighted by Gasteiger charge is 2.22. The second-order valence-corrected chi connectivity index (χ2v) is 6.89. The van der Waals surface area contributed by atoms with Crippen LogP contribution in [-0.2, 0) is 13.0 Å². The van der Waals surface area contributed by atoms with Crippen molar-refractivity contribution in [1.29, 1.82) is 0 Å². The van der Waals surface area contributed by atoms with Gasteiger partial charge in [-0.2, -0.15) is 4.37 Å². The summed E-state index contributed by atoms with van der Waals surface area (Å²) in [5.41, 5.74) is 1.08. The molecule has 2 heterocycles. The van der Waals surface area contributed by atoms with Crippen LogP contribution in [0.2, 0.25) is 0 Å². The van der Waals surface area contributed by atoms with E-state index in [4.69, 9.17) is 4.99 Å². The van der Waals surface area contributed by atoms with Crippen LogP contribution < -0.4 is 10.2 Å². The molecule has 27 heavy (non-hydrogen) atoms. The van der Waals surface area contributed by atoms with Gasteiger partial charge in [-0.15, -0.1) is 24.0 Å². The Labute approximate surface area is 181 Å². The second-order valence-electron chi connectivity index (χ2n) is 6.16. The molecule has 7 nitrogen and oxygen atoms in total. The van der Waals surface area contributed by atoms with Crippen molar-refractivity contribution >= 4 is 46.6 Å². The molecule has 2 N–H and O–H groups in total. The molecule has 0 atom stereocenters. The molecule has 0 aliphatic carbocycles. The molecule has 0 radical (unpaired) electrons. The predicted octanol–water partition coefficient (Wildman–Crippen LogP) is 2.71. The summed E-state index contributed by atoms with van der Waals surface area (Å²) in [6.45, 7) is 9.25. The van der Waals surface area contributed by atoms with Crippen LogP contribution >= 0.6 is 35.5 Å². The van der Waals surface area contributed by atoms with E-state index in [0.29, 0.717) is 6.54 Å². The molecule has 1 aromatic carbocycles. The number of nitrogens with one attached hydrogen (secondary N) is 1. The fourth-order valence-electron chi connectivity index (χ4n) is 2.82. The van der Waals surface area contributed by atoms with Gasteiger partial charge in [-0.3, -0.25) is 0 Å². The highest BCUT2D eigenvalue weighted by molar-refractivity contribution is 14.0. The van der Waals surface area contributed by atoms with Gasteiger partial charge < -0.3 is 20.2 Å². The zero-order valence-electron chi connectivity index (χ0n) is 15.8. The molecule has 3 rings (SSSR count). The number of aliphatic imine (C=N–C) groups is 1. The van der Waals surface area contributed by atoms with Crippen molar-refractivity contribution in [3.05, 3.63) is 35.7 Å². The number of hydrogen-bond acceptors (Lipinski definition) is 6. The van der Waals surface area contributed by atoms with Crippen LogP contribution in [0.3, 0.4) is 0 Å². The number of benzene rings is 1. The smallest absolute Gasteiger partial charge is 0.205 e. The summed E-state index contributed by atoms with van der Waals surface area (Å²) >= 11 is 1.49. The topological polar surface area (TPSA) is 76.9 Å². The Balaban J connectivity index is 0.00000261. The summed E-state index contributed by atoms with van der Waals surface area (Å²) in [5, 5.41) is 13.8. The molecule has 1 aliphatic rings. The summed E-state index contributed by atoms with van der Waals surface area (Å²) in [6, 6.07) is 7.20. The number of piperazine rings is 1. The first-order chi connectivity index (χ1) is 12.7. The Bertz CT molecular complexity index is 728. The lowest BCUT2D eigenvalue weighted by Gasteiger charge is -2.36. The van der Waals surface area contributed by atoms with Crippen LogP contribution in [0.15, 0.2) is 29.3 Å². The third-order valence-electron chi connectivity index (χ3n) is 4.31. The van der Waals surface area contributed by atoms with Crippen molar-refractivity contribution in [1.82, 2.24) is 19.6 Å². The second kappa shape index (κ2) is 10.6. The standard InChI is InChI=1S/C18H26N6OS.HI/c1-3-16-21-18(26-22-16)24-11-9-23(10-12-24)17(19-4-2)20-13-14-5-7-15(25)8-6-14;/h5-8,25H,3-4,9-13H2,1-2H3,(H,19,20);1H. The summed E-state index contributed by atoms with van der Waals surface area (Å²) in [7, 11) is 0. The summed E-state index contributed by atoms with van der Waals surface area (Å²) in [6.07, 6.45) is 0.880. The third-order valence-corrected chi connectivity index (χ3v) is 5.12. The molecule has 0 unspecified atom stereocenters. The van der Waals surface area contributed by atoms with E-state index >= 15 is 0 Å². The van der Waals surface area contributed by atoms with Crippen LogP contribution in [0.4, 0.5) is 5.13 Å². The minimum atomic E-state index is 0. The molecule has 1 fully saturated rings. The van der Waals surface area contributed by atoms with Crippen molar-refractivity contribution in [2.75, 3.05) is 37.6 Å². The van der Waals surface area contributed by atoms with Crippen LogP contribution in [0.5, 0.6) is 5.75 Å². The first kappa shape index (κ1) is 21.7. The molecule has 0 bridgehead atoms. The third kappa shape index (κ3) is 5.93. The molecular weight excluding hydrogens is 475 g/mol. The van der Waals surface area contributed by atoms with Crippen molar-refractivity contribution in [2.45, 2.75) is 26.8 Å². The van der Waals surface area contributed by atoms with Crippen LogP contribution in [0.25, 0.3) is 0 Å². The molecule has 0 amide bonds. The monoisotopic (exact) mass is 502 g/mol. The van der Waals surface area contributed by atoms with Crippen molar-refractivity contribution < 1.29 is 5.11 Å². The normalized spacial score (nSPS) is 14.8. The minimum absolute atomic E-state index is 0. The summed E-state index contributed by atoms with van der Waals surface area (Å²) in [5.74, 6) is 2.15. The number of anilines is 1. The number of aromatic nitrogens is 2. The maximum absolute atomic E-state index is 9.39. The van der Waals surface area contributed by atoms with Crippen LogP contribution in [-0.4, -0.2) is 58.0 Å². The van der Waals surface area contributed by atoms with E-state index in [2.05, 4.69) is 38.3 Å². The van der Waals surface area contributed by atoms with Gasteiger partial charge in [0.25, 0.3) is 0 Å². The Kier molecular flexibility index (Phi) is 8.55. The van der Waals surface area contributed by atoms with Crippen LogP contribution in [0.1, 0.15) is 25.2 Å². The van der Waals surface area contributed by atoms with Crippen molar-refractivity contribution in [3.8, 4) is 5.75 Å². The van der Waals surface area contributed by atoms with Gasteiger partial charge >= 0.3 is 0 Å². The molecule has 1 saturated heterocycles. The van der Waals surface area contributed by atoms with Crippen LogP contribution in [0, 0.1) is 0 Å². The predicted molar refractivity (Wildman–Crippen MR) is 121 cm³/mol. The van der Waals surface area contributed by atoms with Gasteiger partial charge in [0, 0.05) is 50.7 Å². The average molecular weight is 502 g/mol. The molecule has 0 spiro atoms. The number of phenols is 1. The average Bonchev–Trinajstić information content (AvgIpc) is 3.16. The van der Waals surface area contributed by atoms with Gasteiger partial charge in [-0.05, 0) is 24.6 Å². The van der Waals surface area contributed by atoms with Gasteiger partial charge in [0.1, 0.15) is 11.6 Å². The number of guanidine groups is 1. The summed E-state index contributed by atoms with van der Waals surface area (Å²) in [4.78, 5) is 13.9. The lowest BCUT2D eigenvalue weighted by atomic mass is 10.2. The van der Waals surface area contributed by atoms with Gasteiger partial charge in [0.15, 0.2) is 5.96 Å². The fraction of sp³-hybridized carbons (Fsp3) is 0.500. The van der Waals surface area contributed by atoms with Gasteiger partial charge in [0.05, 0.1) is 6.54 Å². The minimum Gasteiger partial charge on any atom is -0.508 e. The Hall–Kier alpha value is -1.62. The zero-order chi connectivity index (χ0) is 18.4. The highest BCUT2D eigenvalue weighted by Crippen LogP contribution is 2.19. The Morgan fingerprint density at radius 2 is 1.89 bits per heavy atom. The fourth-order valence-corrected chi connectivity index (χ4v) is 3.62. The molecule has 0 saturated carbocycles. The number of halogens is 1. The lowest BCUT2D eigenvalue weighted by Crippen LogP contribution is -2.52. The summed E-state index contributed by atoms with van der Waals surface area (Å²) < 4.78 is 4.38. The van der Waals surface area contributed by atoms with E-state index in [9.17, 15) is 5.11 Å². The van der Waals surface area contributed by atoms with Gasteiger partial charge in [-0.1, -0.05) is 19.1 Å². The molecular formula is C18H27IN6OS. The molecule has 1 aromatic heterocycles. The highest BCUT2D eigenvalue weighted by atomic mass is 127. The van der Waals surface area contributed by atoms with Gasteiger partial charge in [-0.25, -0.2) is 9.98 Å². The van der Waals surface area contributed by atoms with E-state index in [1.807, 2.05) is 12.1 Å². The first-order valence-electron chi connectivity index (χ1n) is 9.08. The number of hydrogen-bond donors (Lipinski definition) is 2. The number of rotatable bonds is 5. The first-order valence-corrected chi connectivity index (χ1v) is 9.85. The lowest BCUT2D eigenvalue weighted by molar-refractivity contribution is 0.372. The van der Waals surface area contributed by atoms with E-state index in [-0.39, 0.29) is 29.7 Å². The number of phenolic OH excluding ortho intramolecular Hbond substituents is 1. The SMILES string of the molecule is CCNC(=NCc1ccc(O)cc1)N1CCN(c2nc(CC)ns2)CC1.I. The Morgan fingerprint density at radius 1 is 1.19 bits per heavy atom. The van der Waals surface area contributed by atoms with E-state index < -0.39 is 0 Å². The maximum Gasteiger partial charge on any atom is 0.205 e. The van der Waals surface area contributed by atoms with Crippen molar-refractivity contribution in [3.63, 3.8) is 0 Å². The van der Waals surface area contributed by atoms with Gasteiger partial charge in [0.2, 0.25) is 5.13 Å². The number of nitrogens with zero attached hydrogens (tertiary/aromatic N) is 5. The Morgan fingerprint density at radius 3 is 2.48 bits per heavy atom.